The number of carbonyl (C=O) groups is 3. The Morgan fingerprint density at radius 2 is 2.00 bits per heavy atom. The van der Waals surface area contributed by atoms with Crippen LogP contribution in [0.15, 0.2) is 24.7 Å². The van der Waals surface area contributed by atoms with E-state index in [0.29, 0.717) is 28.3 Å². The average molecular weight is 410 g/mol. The molecule has 1 saturated carbocycles. The fraction of sp³-hybridized carbons (Fsp3) is 0.333. The van der Waals surface area contributed by atoms with Crippen LogP contribution in [-0.2, 0) is 11.8 Å². The molecule has 0 aromatic carbocycles. The molecule has 1 aliphatic carbocycles. The predicted octanol–water partition coefficient (Wildman–Crippen LogP) is 2.22. The third-order valence-corrected chi connectivity index (χ3v) is 4.76. The SMILES string of the molecule is CNC(=O)c1cnc(NC(=O)C2CC2)cc1Nc1cn(C)c(/C=C\N(C)C)c1C=O. The first-order valence-electron chi connectivity index (χ1n) is 9.63. The van der Waals surface area contributed by atoms with Gasteiger partial charge in [-0.1, -0.05) is 0 Å². The summed E-state index contributed by atoms with van der Waals surface area (Å²) in [6.45, 7) is 0. The van der Waals surface area contributed by atoms with Crippen LogP contribution in [0.5, 0.6) is 0 Å². The molecule has 2 aromatic heterocycles. The molecule has 1 aliphatic rings. The Bertz CT molecular complexity index is 1000. The number of rotatable bonds is 8. The van der Waals surface area contributed by atoms with Gasteiger partial charge >= 0.3 is 0 Å². The van der Waals surface area contributed by atoms with E-state index in [2.05, 4.69) is 20.9 Å². The van der Waals surface area contributed by atoms with Crippen LogP contribution < -0.4 is 16.0 Å². The molecule has 0 spiro atoms. The Balaban J connectivity index is 1.97. The van der Waals surface area contributed by atoms with E-state index in [4.69, 9.17) is 0 Å². The van der Waals surface area contributed by atoms with Crippen LogP contribution in [0.3, 0.4) is 0 Å². The Kier molecular flexibility index (Phi) is 6.20. The summed E-state index contributed by atoms with van der Waals surface area (Å²) in [5.74, 6) is -0.0334. The molecule has 9 heteroatoms. The number of pyridine rings is 1. The van der Waals surface area contributed by atoms with Crippen molar-refractivity contribution < 1.29 is 14.4 Å². The highest BCUT2D eigenvalue weighted by molar-refractivity contribution is 6.02. The van der Waals surface area contributed by atoms with Gasteiger partial charge in [0, 0.05) is 58.8 Å². The predicted molar refractivity (Wildman–Crippen MR) is 116 cm³/mol. The van der Waals surface area contributed by atoms with Gasteiger partial charge in [0.2, 0.25) is 5.91 Å². The second-order valence-corrected chi connectivity index (χ2v) is 7.43. The van der Waals surface area contributed by atoms with Crippen LogP contribution >= 0.6 is 0 Å². The Labute approximate surface area is 175 Å². The summed E-state index contributed by atoms with van der Waals surface area (Å²) in [4.78, 5) is 42.3. The second kappa shape index (κ2) is 8.81. The fourth-order valence-corrected chi connectivity index (χ4v) is 2.97. The number of aromatic nitrogens is 2. The van der Waals surface area contributed by atoms with Gasteiger partial charge in [-0.3, -0.25) is 14.4 Å². The minimum Gasteiger partial charge on any atom is -0.383 e. The number of hydrogen-bond donors (Lipinski definition) is 3. The van der Waals surface area contributed by atoms with E-state index in [1.54, 1.807) is 12.3 Å². The summed E-state index contributed by atoms with van der Waals surface area (Å²) in [6, 6.07) is 1.60. The largest absolute Gasteiger partial charge is 0.383 e. The number of amides is 2. The molecule has 1 fully saturated rings. The molecule has 2 aromatic rings. The van der Waals surface area contributed by atoms with Crippen molar-refractivity contribution in [1.29, 1.82) is 0 Å². The van der Waals surface area contributed by atoms with Gasteiger partial charge in [-0.15, -0.1) is 0 Å². The Morgan fingerprint density at radius 1 is 1.27 bits per heavy atom. The molecule has 0 unspecified atom stereocenters. The lowest BCUT2D eigenvalue weighted by Gasteiger charge is -2.13. The highest BCUT2D eigenvalue weighted by Crippen LogP contribution is 2.31. The monoisotopic (exact) mass is 410 g/mol. The maximum Gasteiger partial charge on any atom is 0.254 e. The van der Waals surface area contributed by atoms with Gasteiger partial charge in [-0.05, 0) is 18.9 Å². The molecule has 0 radical (unpaired) electrons. The molecule has 0 atom stereocenters. The molecule has 0 aliphatic heterocycles. The summed E-state index contributed by atoms with van der Waals surface area (Å²) < 4.78 is 1.82. The smallest absolute Gasteiger partial charge is 0.254 e. The molecule has 2 amide bonds. The number of aryl methyl sites for hydroxylation is 1. The summed E-state index contributed by atoms with van der Waals surface area (Å²) in [6.07, 6.45) is 9.39. The number of aldehydes is 1. The van der Waals surface area contributed by atoms with Crippen LogP contribution in [0.2, 0.25) is 0 Å². The lowest BCUT2D eigenvalue weighted by atomic mass is 10.1. The normalized spacial score (nSPS) is 13.2. The summed E-state index contributed by atoms with van der Waals surface area (Å²) in [5, 5.41) is 8.52. The molecular weight excluding hydrogens is 384 g/mol. The number of anilines is 3. The van der Waals surface area contributed by atoms with Crippen LogP contribution in [0.25, 0.3) is 6.08 Å². The molecule has 9 nitrogen and oxygen atoms in total. The molecule has 158 valence electrons. The van der Waals surface area contributed by atoms with E-state index in [9.17, 15) is 14.4 Å². The fourth-order valence-electron chi connectivity index (χ4n) is 2.97. The number of nitrogens with one attached hydrogen (secondary N) is 3. The van der Waals surface area contributed by atoms with E-state index >= 15 is 0 Å². The maximum atomic E-state index is 12.3. The van der Waals surface area contributed by atoms with Gasteiger partial charge in [0.25, 0.3) is 5.91 Å². The highest BCUT2D eigenvalue weighted by Gasteiger charge is 2.30. The first-order valence-corrected chi connectivity index (χ1v) is 9.63. The number of nitrogens with zero attached hydrogens (tertiary/aromatic N) is 3. The van der Waals surface area contributed by atoms with Crippen molar-refractivity contribution in [3.05, 3.63) is 41.5 Å². The van der Waals surface area contributed by atoms with Crippen molar-refractivity contribution in [2.24, 2.45) is 13.0 Å². The third kappa shape index (κ3) is 4.68. The molecule has 3 N–H and O–H groups in total. The van der Waals surface area contributed by atoms with Crippen LogP contribution in [0, 0.1) is 5.92 Å². The Hall–Kier alpha value is -3.62. The third-order valence-electron chi connectivity index (χ3n) is 4.76. The first kappa shape index (κ1) is 21.1. The van der Waals surface area contributed by atoms with Crippen molar-refractivity contribution in [2.75, 3.05) is 31.8 Å². The van der Waals surface area contributed by atoms with E-state index < -0.39 is 0 Å². The average Bonchev–Trinajstić information content (AvgIpc) is 3.51. The van der Waals surface area contributed by atoms with Gasteiger partial charge < -0.3 is 25.4 Å². The van der Waals surface area contributed by atoms with Gasteiger partial charge in [-0.2, -0.15) is 0 Å². The van der Waals surface area contributed by atoms with E-state index in [1.807, 2.05) is 42.9 Å². The summed E-state index contributed by atoms with van der Waals surface area (Å²) in [5.41, 5.74) is 2.46. The molecule has 30 heavy (non-hydrogen) atoms. The quantitative estimate of drug-likeness (QED) is 0.576. The zero-order chi connectivity index (χ0) is 21.8. The maximum absolute atomic E-state index is 12.3. The van der Waals surface area contributed by atoms with Gasteiger partial charge in [-0.25, -0.2) is 4.98 Å². The molecule has 2 heterocycles. The van der Waals surface area contributed by atoms with Crippen molar-refractivity contribution in [2.45, 2.75) is 12.8 Å². The van der Waals surface area contributed by atoms with Gasteiger partial charge in [0.05, 0.1) is 28.2 Å². The minimum absolute atomic E-state index is 0.0312. The number of carbonyl (C=O) groups excluding carboxylic acids is 3. The first-order chi connectivity index (χ1) is 14.3. The Morgan fingerprint density at radius 3 is 2.60 bits per heavy atom. The highest BCUT2D eigenvalue weighted by atomic mass is 16.2. The standard InChI is InChI=1S/C21H26N6O3/c1-22-21(30)14-10-23-19(25-20(29)13-5-6-13)9-16(14)24-17-11-27(4)18(15(17)12-28)7-8-26(2)3/h7-13H,5-6H2,1-4H3,(H,22,30)(H2,23,24,25,29)/b8-7-. The van der Waals surface area contributed by atoms with Crippen LogP contribution in [-0.4, -0.2) is 53.7 Å². The molecule has 0 bridgehead atoms. The molecular formula is C21H26N6O3. The van der Waals surface area contributed by atoms with Crippen LogP contribution in [0.4, 0.5) is 17.2 Å². The van der Waals surface area contributed by atoms with Crippen molar-refractivity contribution >= 4 is 41.4 Å². The van der Waals surface area contributed by atoms with E-state index in [1.165, 1.54) is 13.2 Å². The second-order valence-electron chi connectivity index (χ2n) is 7.43. The molecule has 3 rings (SSSR count). The van der Waals surface area contributed by atoms with Crippen molar-refractivity contribution in [3.8, 4) is 0 Å². The van der Waals surface area contributed by atoms with Crippen LogP contribution in [0.1, 0.15) is 39.3 Å². The van der Waals surface area contributed by atoms with Crippen molar-refractivity contribution in [3.63, 3.8) is 0 Å². The van der Waals surface area contributed by atoms with Gasteiger partial charge in [0.1, 0.15) is 5.82 Å². The van der Waals surface area contributed by atoms with Gasteiger partial charge in [0.15, 0.2) is 6.29 Å². The minimum atomic E-state index is -0.332. The number of hydrogen-bond acceptors (Lipinski definition) is 6. The lowest BCUT2D eigenvalue weighted by Crippen LogP contribution is -2.20. The lowest BCUT2D eigenvalue weighted by molar-refractivity contribution is -0.117. The van der Waals surface area contributed by atoms with E-state index in [0.717, 1.165) is 24.8 Å². The zero-order valence-electron chi connectivity index (χ0n) is 17.5. The topological polar surface area (TPSA) is 108 Å². The summed E-state index contributed by atoms with van der Waals surface area (Å²) >= 11 is 0. The van der Waals surface area contributed by atoms with E-state index in [-0.39, 0.29) is 17.7 Å². The van der Waals surface area contributed by atoms with Crippen molar-refractivity contribution in [1.82, 2.24) is 19.8 Å². The zero-order valence-corrected chi connectivity index (χ0v) is 17.5. The molecule has 0 saturated heterocycles. The summed E-state index contributed by atoms with van der Waals surface area (Å²) in [7, 11) is 7.14.